The summed E-state index contributed by atoms with van der Waals surface area (Å²) in [5.74, 6) is 0. The number of nitrogens with zero attached hydrogens (tertiary/aromatic N) is 3. The van der Waals surface area contributed by atoms with Crippen molar-refractivity contribution in [2.45, 2.75) is 0 Å². The average molecular weight is 254 g/mol. The summed E-state index contributed by atoms with van der Waals surface area (Å²) in [6, 6.07) is 0. The fourth-order valence-corrected chi connectivity index (χ4v) is 0.853. The van der Waals surface area contributed by atoms with Gasteiger partial charge < -0.3 is 14.7 Å². The third-order valence-electron chi connectivity index (χ3n) is 1.86. The van der Waals surface area contributed by atoms with Crippen molar-refractivity contribution in [1.82, 2.24) is 14.7 Å². The third-order valence-corrected chi connectivity index (χ3v) is 1.86. The van der Waals surface area contributed by atoms with Crippen LogP contribution in [-0.2, 0) is 0 Å². The van der Waals surface area contributed by atoms with Crippen molar-refractivity contribution in [2.24, 2.45) is 0 Å². The van der Waals surface area contributed by atoms with Crippen LogP contribution in [0.15, 0.2) is 0 Å². The molecule has 3 nitrogen and oxygen atoms in total. The van der Waals surface area contributed by atoms with E-state index in [9.17, 15) is 0 Å². The van der Waals surface area contributed by atoms with Crippen molar-refractivity contribution in [2.75, 3.05) is 61.4 Å². The maximum atomic E-state index is 2.36. The van der Waals surface area contributed by atoms with Gasteiger partial charge in [0.25, 0.3) is 0 Å². The molecule has 0 aromatic rings. The van der Waals surface area contributed by atoms with Crippen LogP contribution in [0, 0.1) is 0 Å². The van der Waals surface area contributed by atoms with E-state index in [0.717, 1.165) is 26.2 Å². The fraction of sp³-hybridized carbons (Fsp3) is 1.00. The predicted octanol–water partition coefficient (Wildman–Crippen LogP) is 0.619. The molecule has 4 heteroatoms. The van der Waals surface area contributed by atoms with Crippen molar-refractivity contribution in [1.29, 1.82) is 0 Å². The second-order valence-corrected chi connectivity index (χ2v) is 3.91. The van der Waals surface area contributed by atoms with E-state index in [4.69, 9.17) is 0 Å². The summed E-state index contributed by atoms with van der Waals surface area (Å²) in [5, 5.41) is 0. The Kier molecular flexibility index (Phi) is 10.9. The molecule has 0 aliphatic heterocycles. The highest BCUT2D eigenvalue weighted by molar-refractivity contribution is 8.93. The standard InChI is InChI=1S/C9H23N3.BrH/c1-10(2)6-8-12(5)9-7-11(3)4;/h6-9H2,1-5H3;1H. The Morgan fingerprint density at radius 2 is 0.923 bits per heavy atom. The van der Waals surface area contributed by atoms with Gasteiger partial charge in [-0.05, 0) is 35.2 Å². The monoisotopic (exact) mass is 253 g/mol. The van der Waals surface area contributed by atoms with Gasteiger partial charge in [-0.15, -0.1) is 17.0 Å². The van der Waals surface area contributed by atoms with Gasteiger partial charge in [0.1, 0.15) is 0 Å². The van der Waals surface area contributed by atoms with E-state index in [1.807, 2.05) is 0 Å². The lowest BCUT2D eigenvalue weighted by Crippen LogP contribution is -2.33. The Morgan fingerprint density at radius 3 is 1.15 bits per heavy atom. The van der Waals surface area contributed by atoms with E-state index in [2.05, 4.69) is 49.9 Å². The second kappa shape index (κ2) is 8.94. The molecule has 0 amide bonds. The lowest BCUT2D eigenvalue weighted by molar-refractivity contribution is 0.254. The summed E-state index contributed by atoms with van der Waals surface area (Å²) in [7, 11) is 10.6. The van der Waals surface area contributed by atoms with E-state index in [1.165, 1.54) is 0 Å². The van der Waals surface area contributed by atoms with Crippen LogP contribution in [0.1, 0.15) is 0 Å². The second-order valence-electron chi connectivity index (χ2n) is 3.91. The molecule has 0 rings (SSSR count). The highest BCUT2D eigenvalue weighted by atomic mass is 79.9. The molecule has 0 unspecified atom stereocenters. The summed E-state index contributed by atoms with van der Waals surface area (Å²) in [6.45, 7) is 4.59. The van der Waals surface area contributed by atoms with Gasteiger partial charge in [-0.2, -0.15) is 0 Å². The largest absolute Gasteiger partial charge is 0.308 e. The van der Waals surface area contributed by atoms with Crippen LogP contribution in [0.5, 0.6) is 0 Å². The molecule has 0 radical (unpaired) electrons. The van der Waals surface area contributed by atoms with Gasteiger partial charge in [-0.3, -0.25) is 0 Å². The Morgan fingerprint density at radius 1 is 0.615 bits per heavy atom. The minimum atomic E-state index is 0. The average Bonchev–Trinajstić information content (AvgIpc) is 1.96. The molecule has 0 aromatic heterocycles. The normalized spacial score (nSPS) is 11.1. The first-order valence-electron chi connectivity index (χ1n) is 4.50. The molecule has 0 bridgehead atoms. The zero-order valence-electron chi connectivity index (χ0n) is 9.58. The zero-order chi connectivity index (χ0) is 9.56. The topological polar surface area (TPSA) is 9.72 Å². The molecule has 0 heterocycles. The van der Waals surface area contributed by atoms with Crippen molar-refractivity contribution >= 4 is 17.0 Å². The van der Waals surface area contributed by atoms with Gasteiger partial charge in [0.2, 0.25) is 0 Å². The van der Waals surface area contributed by atoms with Crippen LogP contribution in [0.3, 0.4) is 0 Å². The minimum Gasteiger partial charge on any atom is -0.308 e. The van der Waals surface area contributed by atoms with Gasteiger partial charge in [-0.1, -0.05) is 0 Å². The predicted molar refractivity (Wildman–Crippen MR) is 64.9 cm³/mol. The van der Waals surface area contributed by atoms with Gasteiger partial charge in [0.05, 0.1) is 0 Å². The molecule has 0 N–H and O–H groups in total. The van der Waals surface area contributed by atoms with Crippen molar-refractivity contribution in [3.63, 3.8) is 0 Å². The van der Waals surface area contributed by atoms with E-state index in [1.54, 1.807) is 0 Å². The molecular formula is C9H24BrN3. The lowest BCUT2D eigenvalue weighted by atomic mass is 10.4. The van der Waals surface area contributed by atoms with Crippen LogP contribution >= 0.6 is 17.0 Å². The maximum Gasteiger partial charge on any atom is 0.0107 e. The molecule has 0 spiro atoms. The van der Waals surface area contributed by atoms with Gasteiger partial charge in [-0.25, -0.2) is 0 Å². The Bertz CT molecular complexity index is 95.0. The van der Waals surface area contributed by atoms with Crippen LogP contribution in [0.4, 0.5) is 0 Å². The molecule has 82 valence electrons. The molecule has 0 atom stereocenters. The van der Waals surface area contributed by atoms with Crippen LogP contribution in [-0.4, -0.2) is 76.1 Å². The van der Waals surface area contributed by atoms with Crippen molar-refractivity contribution < 1.29 is 0 Å². The summed E-state index contributed by atoms with van der Waals surface area (Å²) in [5.41, 5.74) is 0. The first-order valence-corrected chi connectivity index (χ1v) is 4.50. The van der Waals surface area contributed by atoms with Crippen LogP contribution in [0.2, 0.25) is 0 Å². The van der Waals surface area contributed by atoms with Crippen LogP contribution in [0.25, 0.3) is 0 Å². The fourth-order valence-electron chi connectivity index (χ4n) is 0.853. The van der Waals surface area contributed by atoms with Crippen molar-refractivity contribution in [3.05, 3.63) is 0 Å². The molecular weight excluding hydrogens is 230 g/mol. The molecule has 0 saturated carbocycles. The van der Waals surface area contributed by atoms with E-state index in [0.29, 0.717) is 0 Å². The van der Waals surface area contributed by atoms with Gasteiger partial charge >= 0.3 is 0 Å². The molecule has 0 fully saturated rings. The van der Waals surface area contributed by atoms with Gasteiger partial charge in [0.15, 0.2) is 0 Å². The summed E-state index contributed by atoms with van der Waals surface area (Å²) >= 11 is 0. The van der Waals surface area contributed by atoms with Crippen molar-refractivity contribution in [3.8, 4) is 0 Å². The Balaban J connectivity index is 0. The number of rotatable bonds is 6. The Labute approximate surface area is 93.5 Å². The van der Waals surface area contributed by atoms with E-state index >= 15 is 0 Å². The summed E-state index contributed by atoms with van der Waals surface area (Å²) in [6.07, 6.45) is 0. The number of halogens is 1. The third kappa shape index (κ3) is 12.4. The van der Waals surface area contributed by atoms with E-state index < -0.39 is 0 Å². The molecule has 0 aromatic carbocycles. The quantitative estimate of drug-likeness (QED) is 0.688. The highest BCUT2D eigenvalue weighted by Gasteiger charge is 1.98. The highest BCUT2D eigenvalue weighted by Crippen LogP contribution is 1.84. The van der Waals surface area contributed by atoms with Crippen LogP contribution < -0.4 is 0 Å². The molecule has 0 aliphatic carbocycles. The summed E-state index contributed by atoms with van der Waals surface area (Å²) in [4.78, 5) is 6.79. The first kappa shape index (κ1) is 15.8. The molecule has 0 aliphatic rings. The molecule has 0 saturated heterocycles. The number of likely N-dealkylation sites (N-methyl/N-ethyl adjacent to an activating group) is 3. The smallest absolute Gasteiger partial charge is 0.0107 e. The number of hydrogen-bond donors (Lipinski definition) is 0. The lowest BCUT2D eigenvalue weighted by Gasteiger charge is -2.20. The van der Waals surface area contributed by atoms with Gasteiger partial charge in [0, 0.05) is 26.2 Å². The minimum absolute atomic E-state index is 0. The molecule has 13 heavy (non-hydrogen) atoms. The number of hydrogen-bond acceptors (Lipinski definition) is 3. The zero-order valence-corrected chi connectivity index (χ0v) is 11.3. The SMILES string of the molecule is Br.CN(C)CCN(C)CCN(C)C. The van der Waals surface area contributed by atoms with E-state index in [-0.39, 0.29) is 17.0 Å². The first-order chi connectivity index (χ1) is 5.52. The summed E-state index contributed by atoms with van der Waals surface area (Å²) < 4.78 is 0. The maximum absolute atomic E-state index is 2.36. The Hall–Kier alpha value is 0.360.